The fourth-order valence-electron chi connectivity index (χ4n) is 4.76. The summed E-state index contributed by atoms with van der Waals surface area (Å²) in [6.07, 6.45) is 9.11. The maximum Gasteiger partial charge on any atom is 0.267 e. The van der Waals surface area contributed by atoms with Crippen molar-refractivity contribution < 1.29 is 4.79 Å². The lowest BCUT2D eigenvalue weighted by Crippen LogP contribution is -2.31. The zero-order chi connectivity index (χ0) is 24.5. The number of fused-ring (bicyclic) bond motifs is 1. The van der Waals surface area contributed by atoms with Gasteiger partial charge in [0, 0.05) is 12.2 Å². The fraction of sp³-hybridized carbons (Fsp3) is 0.333. The van der Waals surface area contributed by atoms with Crippen molar-refractivity contribution in [2.45, 2.75) is 58.0 Å². The van der Waals surface area contributed by atoms with Crippen molar-refractivity contribution >= 4 is 51.7 Å². The molecule has 2 fully saturated rings. The molecule has 1 aliphatic heterocycles. The number of aromatic nitrogens is 2. The minimum absolute atomic E-state index is 0.186. The van der Waals surface area contributed by atoms with E-state index in [1.165, 1.54) is 18.2 Å². The van der Waals surface area contributed by atoms with E-state index in [-0.39, 0.29) is 23.6 Å². The van der Waals surface area contributed by atoms with Crippen molar-refractivity contribution in [3.63, 3.8) is 0 Å². The molecule has 3 heterocycles. The van der Waals surface area contributed by atoms with Crippen molar-refractivity contribution in [1.82, 2.24) is 14.3 Å². The summed E-state index contributed by atoms with van der Waals surface area (Å²) in [6, 6.07) is 13.7. The summed E-state index contributed by atoms with van der Waals surface area (Å²) < 4.78 is 2.05. The van der Waals surface area contributed by atoms with Crippen LogP contribution in [0.3, 0.4) is 0 Å². The number of pyridine rings is 1. The van der Waals surface area contributed by atoms with E-state index in [1.54, 1.807) is 21.6 Å². The zero-order valence-corrected chi connectivity index (χ0v) is 21.5. The van der Waals surface area contributed by atoms with Gasteiger partial charge in [-0.25, -0.2) is 4.98 Å². The first kappa shape index (κ1) is 23.8. The zero-order valence-electron chi connectivity index (χ0n) is 19.9. The van der Waals surface area contributed by atoms with Gasteiger partial charge in [-0.15, -0.1) is 0 Å². The number of anilines is 1. The quantitative estimate of drug-likeness (QED) is 0.355. The van der Waals surface area contributed by atoms with E-state index in [0.29, 0.717) is 26.3 Å². The summed E-state index contributed by atoms with van der Waals surface area (Å²) in [6.45, 7) is 3.91. The molecule has 5 rings (SSSR count). The van der Waals surface area contributed by atoms with Gasteiger partial charge in [0.05, 0.1) is 16.5 Å². The highest BCUT2D eigenvalue weighted by Crippen LogP contribution is 2.38. The Morgan fingerprint density at radius 2 is 1.86 bits per heavy atom. The van der Waals surface area contributed by atoms with Gasteiger partial charge in [-0.1, -0.05) is 79.6 Å². The van der Waals surface area contributed by atoms with Crippen LogP contribution in [0.2, 0.25) is 0 Å². The lowest BCUT2D eigenvalue weighted by Gasteiger charge is -2.24. The topological polar surface area (TPSA) is 66.7 Å². The molecule has 1 aliphatic carbocycles. The van der Waals surface area contributed by atoms with Crippen molar-refractivity contribution in [1.29, 1.82) is 0 Å². The predicted octanol–water partition coefficient (Wildman–Crippen LogP) is 5.71. The van der Waals surface area contributed by atoms with Gasteiger partial charge in [0.25, 0.3) is 11.5 Å². The molecular formula is C27H28N4O2S2. The smallest absolute Gasteiger partial charge is 0.267 e. The minimum atomic E-state index is -0.201. The second kappa shape index (κ2) is 9.95. The third-order valence-corrected chi connectivity index (χ3v) is 8.05. The largest absolute Gasteiger partial charge is 0.367 e. The molecular weight excluding hydrogens is 476 g/mol. The molecule has 1 saturated heterocycles. The summed E-state index contributed by atoms with van der Waals surface area (Å²) >= 11 is 6.83. The Labute approximate surface area is 214 Å². The third-order valence-electron chi connectivity index (χ3n) is 6.72. The predicted molar refractivity (Wildman–Crippen MR) is 147 cm³/mol. The Balaban J connectivity index is 1.56. The van der Waals surface area contributed by atoms with Crippen molar-refractivity contribution in [2.75, 3.05) is 5.32 Å². The van der Waals surface area contributed by atoms with Gasteiger partial charge in [0.15, 0.2) is 0 Å². The summed E-state index contributed by atoms with van der Waals surface area (Å²) in [5, 5.41) is 3.52. The monoisotopic (exact) mass is 504 g/mol. The van der Waals surface area contributed by atoms with Crippen LogP contribution in [-0.4, -0.2) is 30.6 Å². The van der Waals surface area contributed by atoms with Crippen LogP contribution in [0.4, 0.5) is 5.82 Å². The van der Waals surface area contributed by atoms with E-state index in [1.807, 2.05) is 56.3 Å². The molecule has 35 heavy (non-hydrogen) atoms. The molecule has 1 unspecified atom stereocenters. The van der Waals surface area contributed by atoms with E-state index in [4.69, 9.17) is 17.2 Å². The molecule has 3 aromatic rings. The van der Waals surface area contributed by atoms with Gasteiger partial charge in [-0.3, -0.25) is 18.9 Å². The first-order valence-corrected chi connectivity index (χ1v) is 13.3. The summed E-state index contributed by atoms with van der Waals surface area (Å²) in [7, 11) is 0. The number of carbonyl (C=O) groups is 1. The second-order valence-corrected chi connectivity index (χ2v) is 10.9. The molecule has 1 amide bonds. The number of amides is 1. The SMILES string of the molecule is Cc1ccc2nc(NC3CCCCC3)c(/C=C3/SC(=S)N(C(C)c4ccccc4)C3=O)c(=O)n2c1. The average molecular weight is 505 g/mol. The number of hydrogen-bond acceptors (Lipinski definition) is 6. The number of thiocarbonyl (C=S) groups is 1. The Bertz CT molecular complexity index is 1380. The molecule has 0 spiro atoms. The Kier molecular flexibility index (Phi) is 6.75. The normalized spacial score (nSPS) is 19.0. The van der Waals surface area contributed by atoms with E-state index < -0.39 is 0 Å². The van der Waals surface area contributed by atoms with Crippen LogP contribution in [0.15, 0.2) is 58.4 Å². The first-order chi connectivity index (χ1) is 16.9. The Morgan fingerprint density at radius 3 is 2.60 bits per heavy atom. The maximum absolute atomic E-state index is 13.6. The van der Waals surface area contributed by atoms with Gasteiger partial charge in [0.2, 0.25) is 0 Å². The molecule has 1 atom stereocenters. The van der Waals surface area contributed by atoms with Crippen molar-refractivity contribution in [3.05, 3.63) is 80.6 Å². The van der Waals surface area contributed by atoms with Gasteiger partial charge < -0.3 is 5.32 Å². The number of thioether (sulfide) groups is 1. The number of benzene rings is 1. The molecule has 1 saturated carbocycles. The number of nitrogens with one attached hydrogen (secondary N) is 1. The van der Waals surface area contributed by atoms with Crippen LogP contribution < -0.4 is 10.9 Å². The van der Waals surface area contributed by atoms with Crippen LogP contribution >= 0.6 is 24.0 Å². The number of nitrogens with zero attached hydrogens (tertiary/aromatic N) is 3. The highest BCUT2D eigenvalue weighted by molar-refractivity contribution is 8.26. The molecule has 8 heteroatoms. The Morgan fingerprint density at radius 1 is 1.11 bits per heavy atom. The van der Waals surface area contributed by atoms with E-state index in [0.717, 1.165) is 36.8 Å². The summed E-state index contributed by atoms with van der Waals surface area (Å²) in [4.78, 5) is 34.0. The molecule has 1 aromatic carbocycles. The van der Waals surface area contributed by atoms with Crippen LogP contribution in [0.5, 0.6) is 0 Å². The van der Waals surface area contributed by atoms with Gasteiger partial charge >= 0.3 is 0 Å². The van der Waals surface area contributed by atoms with Crippen LogP contribution in [-0.2, 0) is 4.79 Å². The second-order valence-electron chi connectivity index (χ2n) is 9.23. The molecule has 6 nitrogen and oxygen atoms in total. The standard InChI is InChI=1S/C27H28N4O2S2/c1-17-13-14-23-29-24(28-20-11-7-4-8-12-20)21(25(32)30(23)16-17)15-22-26(33)31(27(34)35-22)18(2)19-9-5-3-6-10-19/h3,5-6,9-10,13-16,18,20,28H,4,7-8,11-12H2,1-2H3/b22-15+. The number of rotatable bonds is 5. The van der Waals surface area contributed by atoms with Crippen molar-refractivity contribution in [2.24, 2.45) is 0 Å². The lowest BCUT2D eigenvalue weighted by molar-refractivity contribution is -0.123. The van der Waals surface area contributed by atoms with E-state index in [2.05, 4.69) is 5.32 Å². The lowest BCUT2D eigenvalue weighted by atomic mass is 9.95. The number of hydrogen-bond donors (Lipinski definition) is 1. The van der Waals surface area contributed by atoms with Gasteiger partial charge in [0.1, 0.15) is 15.8 Å². The molecule has 0 bridgehead atoms. The first-order valence-electron chi connectivity index (χ1n) is 12.0. The van der Waals surface area contributed by atoms with Crippen molar-refractivity contribution in [3.8, 4) is 0 Å². The van der Waals surface area contributed by atoms with Gasteiger partial charge in [-0.05, 0) is 50.0 Å². The minimum Gasteiger partial charge on any atom is -0.367 e. The molecule has 2 aliphatic rings. The molecule has 1 N–H and O–H groups in total. The van der Waals surface area contributed by atoms with Crippen LogP contribution in [0.1, 0.15) is 61.8 Å². The van der Waals surface area contributed by atoms with E-state index in [9.17, 15) is 9.59 Å². The molecule has 2 aromatic heterocycles. The van der Waals surface area contributed by atoms with E-state index >= 15 is 0 Å². The highest BCUT2D eigenvalue weighted by Gasteiger charge is 2.36. The fourth-order valence-corrected chi connectivity index (χ4v) is 6.16. The third kappa shape index (κ3) is 4.77. The maximum atomic E-state index is 13.6. The summed E-state index contributed by atoms with van der Waals surface area (Å²) in [5.41, 5.74) is 2.75. The van der Waals surface area contributed by atoms with Crippen LogP contribution in [0, 0.1) is 6.92 Å². The average Bonchev–Trinajstić information content (AvgIpc) is 3.15. The number of carbonyl (C=O) groups excluding carboxylic acids is 1. The number of aryl methyl sites for hydroxylation is 1. The highest BCUT2D eigenvalue weighted by atomic mass is 32.2. The van der Waals surface area contributed by atoms with Gasteiger partial charge in [-0.2, -0.15) is 0 Å². The molecule has 180 valence electrons. The summed E-state index contributed by atoms with van der Waals surface area (Å²) in [5.74, 6) is 0.348. The van der Waals surface area contributed by atoms with Crippen LogP contribution in [0.25, 0.3) is 11.7 Å². The Hall–Kier alpha value is -2.97. The molecule has 0 radical (unpaired) electrons.